The number of fused-ring (bicyclic) bond motifs is 1. The lowest BCUT2D eigenvalue weighted by atomic mass is 9.93. The van der Waals surface area contributed by atoms with Gasteiger partial charge in [0, 0.05) is 0 Å². The molecule has 1 N–H and O–H groups in total. The van der Waals surface area contributed by atoms with Crippen molar-refractivity contribution in [2.24, 2.45) is 0 Å². The van der Waals surface area contributed by atoms with Gasteiger partial charge >= 0.3 is 0 Å². The van der Waals surface area contributed by atoms with Crippen molar-refractivity contribution in [1.29, 1.82) is 0 Å². The summed E-state index contributed by atoms with van der Waals surface area (Å²) in [7, 11) is 1.67. The highest BCUT2D eigenvalue weighted by Gasteiger charge is 2.17. The summed E-state index contributed by atoms with van der Waals surface area (Å²) < 4.78 is 5.41. The van der Waals surface area contributed by atoms with E-state index >= 15 is 0 Å². The van der Waals surface area contributed by atoms with Gasteiger partial charge in [0.1, 0.15) is 5.75 Å². The maximum Gasteiger partial charge on any atom is 0.119 e. The van der Waals surface area contributed by atoms with Crippen molar-refractivity contribution in [3.05, 3.63) is 106 Å². The number of hydrogen-bond donors (Lipinski definition) is 1. The number of aliphatic hydroxyl groups excluding tert-OH is 1. The lowest BCUT2D eigenvalue weighted by molar-refractivity contribution is 0.281. The Labute approximate surface area is 172 Å². The SMILES string of the molecule is COc1cc(CO)cc(CC2=CCc3cccc(/C=C/c4ccc(C)cc4)c32)c1. The zero-order valence-electron chi connectivity index (χ0n) is 17.0. The Morgan fingerprint density at radius 2 is 1.76 bits per heavy atom. The van der Waals surface area contributed by atoms with Crippen LogP contribution >= 0.6 is 0 Å². The summed E-state index contributed by atoms with van der Waals surface area (Å²) in [5, 5.41) is 9.56. The molecule has 146 valence electrons. The quantitative estimate of drug-likeness (QED) is 0.542. The van der Waals surface area contributed by atoms with Gasteiger partial charge in [-0.2, -0.15) is 0 Å². The Morgan fingerprint density at radius 3 is 2.52 bits per heavy atom. The number of rotatable bonds is 6. The lowest BCUT2D eigenvalue weighted by Gasteiger charge is -2.12. The van der Waals surface area contributed by atoms with Gasteiger partial charge in [-0.15, -0.1) is 0 Å². The van der Waals surface area contributed by atoms with Crippen LogP contribution in [0, 0.1) is 6.92 Å². The van der Waals surface area contributed by atoms with Crippen molar-refractivity contribution < 1.29 is 9.84 Å². The average Bonchev–Trinajstić information content (AvgIpc) is 3.16. The fourth-order valence-corrected chi connectivity index (χ4v) is 3.94. The summed E-state index contributed by atoms with van der Waals surface area (Å²) in [6, 6.07) is 21.1. The number of aryl methyl sites for hydroxylation is 1. The molecule has 0 amide bonds. The molecule has 0 saturated carbocycles. The molecular weight excluding hydrogens is 356 g/mol. The van der Waals surface area contributed by atoms with Crippen molar-refractivity contribution >= 4 is 17.7 Å². The molecule has 1 aliphatic carbocycles. The van der Waals surface area contributed by atoms with Crippen molar-refractivity contribution in [2.45, 2.75) is 26.4 Å². The number of allylic oxidation sites excluding steroid dienone is 2. The number of aliphatic hydroxyl groups is 1. The number of methoxy groups -OCH3 is 1. The highest BCUT2D eigenvalue weighted by atomic mass is 16.5. The first-order valence-corrected chi connectivity index (χ1v) is 10.00. The molecule has 0 aromatic heterocycles. The number of ether oxygens (including phenoxy) is 1. The van der Waals surface area contributed by atoms with Gasteiger partial charge in [-0.25, -0.2) is 0 Å². The monoisotopic (exact) mass is 382 g/mol. The molecule has 3 aromatic rings. The Morgan fingerprint density at radius 1 is 0.966 bits per heavy atom. The molecule has 0 atom stereocenters. The predicted molar refractivity (Wildman–Crippen MR) is 121 cm³/mol. The van der Waals surface area contributed by atoms with E-state index in [9.17, 15) is 5.11 Å². The minimum atomic E-state index is 0.0182. The van der Waals surface area contributed by atoms with Crippen molar-refractivity contribution in [3.63, 3.8) is 0 Å². The molecule has 0 bridgehead atoms. The van der Waals surface area contributed by atoms with Crippen LogP contribution in [0.15, 0.2) is 66.7 Å². The first kappa shape index (κ1) is 19.2. The van der Waals surface area contributed by atoms with Crippen molar-refractivity contribution in [3.8, 4) is 5.75 Å². The van der Waals surface area contributed by atoms with E-state index in [-0.39, 0.29) is 6.61 Å². The Hall–Kier alpha value is -3.10. The summed E-state index contributed by atoms with van der Waals surface area (Å²) in [6.07, 6.45) is 8.51. The fraction of sp³-hybridized carbons (Fsp3) is 0.185. The molecule has 0 aliphatic heterocycles. The first-order chi connectivity index (χ1) is 14.2. The molecule has 0 radical (unpaired) electrons. The highest BCUT2D eigenvalue weighted by Crippen LogP contribution is 2.34. The molecule has 0 heterocycles. The second-order valence-electron chi connectivity index (χ2n) is 7.58. The lowest BCUT2D eigenvalue weighted by Crippen LogP contribution is -1.96. The van der Waals surface area contributed by atoms with Crippen LogP contribution in [-0.2, 0) is 19.4 Å². The largest absolute Gasteiger partial charge is 0.497 e. The molecule has 4 rings (SSSR count). The van der Waals surface area contributed by atoms with Crippen LogP contribution in [0.1, 0.15) is 38.9 Å². The summed E-state index contributed by atoms with van der Waals surface area (Å²) in [4.78, 5) is 0. The molecule has 0 spiro atoms. The zero-order chi connectivity index (χ0) is 20.2. The summed E-state index contributed by atoms with van der Waals surface area (Å²) >= 11 is 0. The van der Waals surface area contributed by atoms with Gasteiger partial charge in [0.25, 0.3) is 0 Å². The maximum absolute atomic E-state index is 9.56. The molecule has 0 unspecified atom stereocenters. The highest BCUT2D eigenvalue weighted by molar-refractivity contribution is 5.84. The van der Waals surface area contributed by atoms with Gasteiger partial charge in [0.2, 0.25) is 0 Å². The Kier molecular flexibility index (Phi) is 5.64. The minimum absolute atomic E-state index is 0.0182. The topological polar surface area (TPSA) is 29.5 Å². The third-order valence-electron chi connectivity index (χ3n) is 5.44. The fourth-order valence-electron chi connectivity index (χ4n) is 3.94. The van der Waals surface area contributed by atoms with Crippen LogP contribution in [-0.4, -0.2) is 12.2 Å². The van der Waals surface area contributed by atoms with Crippen LogP contribution < -0.4 is 4.74 Å². The van der Waals surface area contributed by atoms with E-state index in [4.69, 9.17) is 4.74 Å². The maximum atomic E-state index is 9.56. The molecule has 1 aliphatic rings. The van der Waals surface area contributed by atoms with E-state index in [1.54, 1.807) is 7.11 Å². The molecule has 0 saturated heterocycles. The van der Waals surface area contributed by atoms with Crippen LogP contribution in [0.4, 0.5) is 0 Å². The average molecular weight is 383 g/mol. The minimum Gasteiger partial charge on any atom is -0.497 e. The van der Waals surface area contributed by atoms with E-state index in [0.29, 0.717) is 0 Å². The Balaban J connectivity index is 1.64. The van der Waals surface area contributed by atoms with E-state index in [2.05, 4.69) is 79.7 Å². The van der Waals surface area contributed by atoms with Gasteiger partial charge in [-0.1, -0.05) is 72.3 Å². The smallest absolute Gasteiger partial charge is 0.119 e. The van der Waals surface area contributed by atoms with Gasteiger partial charge in [-0.3, -0.25) is 0 Å². The molecular formula is C27H26O2. The third kappa shape index (κ3) is 4.33. The molecule has 29 heavy (non-hydrogen) atoms. The predicted octanol–water partition coefficient (Wildman–Crippen LogP) is 5.85. The van der Waals surface area contributed by atoms with E-state index in [1.807, 2.05) is 6.07 Å². The standard InChI is InChI=1S/C27H26O2/c1-19-6-8-20(9-7-19)10-11-23-4-3-5-24-12-13-25(27(23)24)15-21-14-22(18-28)17-26(16-21)29-2/h3-11,13-14,16-17,28H,12,15,18H2,1-2H3/b11-10+. The number of hydrogen-bond acceptors (Lipinski definition) is 2. The van der Waals surface area contributed by atoms with Crippen LogP contribution in [0.2, 0.25) is 0 Å². The Bertz CT molecular complexity index is 1050. The summed E-state index contributed by atoms with van der Waals surface area (Å²) in [5.41, 5.74) is 9.81. The van der Waals surface area contributed by atoms with Crippen molar-refractivity contribution in [1.82, 2.24) is 0 Å². The van der Waals surface area contributed by atoms with Crippen LogP contribution in [0.25, 0.3) is 17.7 Å². The van der Waals surface area contributed by atoms with E-state index < -0.39 is 0 Å². The molecule has 2 heteroatoms. The third-order valence-corrected chi connectivity index (χ3v) is 5.44. The summed E-state index contributed by atoms with van der Waals surface area (Å²) in [6.45, 7) is 2.12. The molecule has 0 fully saturated rings. The van der Waals surface area contributed by atoms with Gasteiger partial charge in [-0.05, 0) is 70.9 Å². The normalized spacial score (nSPS) is 12.9. The van der Waals surface area contributed by atoms with E-state index in [0.717, 1.165) is 29.7 Å². The van der Waals surface area contributed by atoms with Crippen LogP contribution in [0.5, 0.6) is 5.75 Å². The van der Waals surface area contributed by atoms with E-state index in [1.165, 1.54) is 33.4 Å². The van der Waals surface area contributed by atoms with Crippen molar-refractivity contribution in [2.75, 3.05) is 7.11 Å². The molecule has 3 aromatic carbocycles. The van der Waals surface area contributed by atoms with Gasteiger partial charge < -0.3 is 9.84 Å². The first-order valence-electron chi connectivity index (χ1n) is 10.00. The summed E-state index contributed by atoms with van der Waals surface area (Å²) in [5.74, 6) is 0.790. The molecule has 2 nitrogen and oxygen atoms in total. The van der Waals surface area contributed by atoms with Gasteiger partial charge in [0.05, 0.1) is 13.7 Å². The number of benzene rings is 3. The van der Waals surface area contributed by atoms with Gasteiger partial charge in [0.15, 0.2) is 0 Å². The zero-order valence-corrected chi connectivity index (χ0v) is 17.0. The second kappa shape index (κ2) is 8.50. The second-order valence-corrected chi connectivity index (χ2v) is 7.58. The van der Waals surface area contributed by atoms with Crippen LogP contribution in [0.3, 0.4) is 0 Å².